The van der Waals surface area contributed by atoms with Gasteiger partial charge < -0.3 is 5.11 Å². The van der Waals surface area contributed by atoms with Crippen LogP contribution >= 0.6 is 11.8 Å². The van der Waals surface area contributed by atoms with Crippen LogP contribution < -0.4 is 0 Å². The van der Waals surface area contributed by atoms with Crippen molar-refractivity contribution in [1.29, 1.82) is 0 Å². The molecule has 1 atom stereocenters. The normalized spacial score (nSPS) is 12.9. The molecule has 1 N–H and O–H groups in total. The van der Waals surface area contributed by atoms with Gasteiger partial charge >= 0.3 is 0 Å². The molecule has 0 saturated heterocycles. The molecule has 0 aliphatic carbocycles. The second-order valence-electron chi connectivity index (χ2n) is 4.35. The second kappa shape index (κ2) is 6.12. The summed E-state index contributed by atoms with van der Waals surface area (Å²) in [5.74, 6) is -0.104. The number of hydrogen-bond acceptors (Lipinski definition) is 5. The van der Waals surface area contributed by atoms with Crippen LogP contribution in [0.25, 0.3) is 0 Å². The predicted molar refractivity (Wildman–Crippen MR) is 70.3 cm³/mol. The number of thioether (sulfide) groups is 1. The Balaban J connectivity index is 2.03. The van der Waals surface area contributed by atoms with E-state index in [-0.39, 0.29) is 6.04 Å². The number of nitrogens with zero attached hydrogens (tertiary/aromatic N) is 4. The summed E-state index contributed by atoms with van der Waals surface area (Å²) in [5.41, 5.74) is 0.290. The summed E-state index contributed by atoms with van der Waals surface area (Å²) >= 11 is 1.30. The molecule has 2 rings (SSSR count). The number of halogens is 1. The van der Waals surface area contributed by atoms with Gasteiger partial charge in [-0.3, -0.25) is 0 Å². The Morgan fingerprint density at radius 3 is 2.79 bits per heavy atom. The smallest absolute Gasteiger partial charge is 0.209 e. The SMILES string of the molecule is CC(C)n1nnnc1SCC(O)c1ccccc1F. The van der Waals surface area contributed by atoms with Crippen LogP contribution in [-0.2, 0) is 0 Å². The van der Waals surface area contributed by atoms with Crippen LogP contribution in [0.5, 0.6) is 0 Å². The summed E-state index contributed by atoms with van der Waals surface area (Å²) in [5, 5.41) is 22.0. The molecule has 1 aromatic heterocycles. The predicted octanol–water partition coefficient (Wildman–Crippen LogP) is 2.22. The van der Waals surface area contributed by atoms with Crippen LogP contribution in [0.3, 0.4) is 0 Å². The number of aliphatic hydroxyl groups excluding tert-OH is 1. The number of rotatable bonds is 5. The zero-order valence-electron chi connectivity index (χ0n) is 10.7. The van der Waals surface area contributed by atoms with Gasteiger partial charge in [0, 0.05) is 11.3 Å². The van der Waals surface area contributed by atoms with Crippen molar-refractivity contribution < 1.29 is 9.50 Å². The first-order valence-corrected chi connectivity index (χ1v) is 6.91. The molecule has 0 spiro atoms. The average Bonchev–Trinajstić information content (AvgIpc) is 2.85. The van der Waals surface area contributed by atoms with E-state index < -0.39 is 11.9 Å². The fourth-order valence-electron chi connectivity index (χ4n) is 1.59. The minimum Gasteiger partial charge on any atom is -0.387 e. The molecular formula is C12H15FN4OS. The van der Waals surface area contributed by atoms with Gasteiger partial charge in [0.25, 0.3) is 0 Å². The van der Waals surface area contributed by atoms with Crippen molar-refractivity contribution in [3.05, 3.63) is 35.6 Å². The Morgan fingerprint density at radius 1 is 1.37 bits per heavy atom. The highest BCUT2D eigenvalue weighted by Gasteiger charge is 2.16. The third-order valence-electron chi connectivity index (χ3n) is 2.59. The Morgan fingerprint density at radius 2 is 2.11 bits per heavy atom. The molecule has 0 bridgehead atoms. The molecule has 0 amide bonds. The lowest BCUT2D eigenvalue weighted by atomic mass is 10.1. The van der Waals surface area contributed by atoms with Gasteiger partial charge in [-0.15, -0.1) is 5.10 Å². The van der Waals surface area contributed by atoms with Crippen LogP contribution in [0, 0.1) is 5.82 Å². The molecule has 7 heteroatoms. The highest BCUT2D eigenvalue weighted by atomic mass is 32.2. The maximum atomic E-state index is 13.5. The molecule has 0 fully saturated rings. The van der Waals surface area contributed by atoms with Crippen molar-refractivity contribution in [2.45, 2.75) is 31.1 Å². The van der Waals surface area contributed by atoms with E-state index >= 15 is 0 Å². The summed E-state index contributed by atoms with van der Waals surface area (Å²) in [7, 11) is 0. The van der Waals surface area contributed by atoms with E-state index in [0.717, 1.165) is 0 Å². The number of benzene rings is 1. The molecule has 1 unspecified atom stereocenters. The van der Waals surface area contributed by atoms with Gasteiger partial charge in [0.15, 0.2) is 0 Å². The van der Waals surface area contributed by atoms with E-state index in [1.807, 2.05) is 13.8 Å². The van der Waals surface area contributed by atoms with Gasteiger partial charge in [-0.1, -0.05) is 30.0 Å². The van der Waals surface area contributed by atoms with Crippen molar-refractivity contribution in [3.63, 3.8) is 0 Å². The highest BCUT2D eigenvalue weighted by molar-refractivity contribution is 7.99. The van der Waals surface area contributed by atoms with Crippen LogP contribution in [0.1, 0.15) is 31.6 Å². The van der Waals surface area contributed by atoms with Crippen LogP contribution in [0.4, 0.5) is 4.39 Å². The number of aromatic nitrogens is 4. The van der Waals surface area contributed by atoms with Gasteiger partial charge in [-0.05, 0) is 30.3 Å². The van der Waals surface area contributed by atoms with Gasteiger partial charge in [0.2, 0.25) is 5.16 Å². The average molecular weight is 282 g/mol. The molecule has 2 aromatic rings. The van der Waals surface area contributed by atoms with Crippen molar-refractivity contribution in [3.8, 4) is 0 Å². The minimum absolute atomic E-state index is 0.142. The fourth-order valence-corrected chi connectivity index (χ4v) is 2.55. The van der Waals surface area contributed by atoms with E-state index in [2.05, 4.69) is 15.5 Å². The largest absolute Gasteiger partial charge is 0.387 e. The summed E-state index contributed by atoms with van der Waals surface area (Å²) in [4.78, 5) is 0. The second-order valence-corrected chi connectivity index (χ2v) is 5.34. The molecule has 19 heavy (non-hydrogen) atoms. The maximum Gasteiger partial charge on any atom is 0.209 e. The highest BCUT2D eigenvalue weighted by Crippen LogP contribution is 2.25. The Bertz CT molecular complexity index is 546. The Hall–Kier alpha value is -1.47. The third kappa shape index (κ3) is 3.30. The van der Waals surface area contributed by atoms with Gasteiger partial charge in [-0.25, -0.2) is 9.07 Å². The van der Waals surface area contributed by atoms with E-state index in [9.17, 15) is 9.50 Å². The van der Waals surface area contributed by atoms with Crippen LogP contribution in [0.2, 0.25) is 0 Å². The Kier molecular flexibility index (Phi) is 4.49. The Labute approximate surface area is 114 Å². The molecule has 0 saturated carbocycles. The van der Waals surface area contributed by atoms with Crippen molar-refractivity contribution in [1.82, 2.24) is 20.2 Å². The number of tetrazole rings is 1. The van der Waals surface area contributed by atoms with Crippen molar-refractivity contribution in [2.24, 2.45) is 0 Å². The van der Waals surface area contributed by atoms with E-state index in [1.54, 1.807) is 22.9 Å². The molecule has 1 heterocycles. The minimum atomic E-state index is -0.886. The molecule has 5 nitrogen and oxygen atoms in total. The first-order valence-electron chi connectivity index (χ1n) is 5.92. The number of hydrogen-bond donors (Lipinski definition) is 1. The monoisotopic (exact) mass is 282 g/mol. The zero-order valence-corrected chi connectivity index (χ0v) is 11.5. The number of aliphatic hydroxyl groups is 1. The van der Waals surface area contributed by atoms with E-state index in [4.69, 9.17) is 0 Å². The quantitative estimate of drug-likeness (QED) is 0.852. The summed E-state index contributed by atoms with van der Waals surface area (Å²) in [6.07, 6.45) is -0.886. The fraction of sp³-hybridized carbons (Fsp3) is 0.417. The van der Waals surface area contributed by atoms with Gasteiger partial charge in [0.1, 0.15) is 5.82 Å². The van der Waals surface area contributed by atoms with Crippen molar-refractivity contribution in [2.75, 3.05) is 5.75 Å². The lowest BCUT2D eigenvalue weighted by Gasteiger charge is -2.12. The lowest BCUT2D eigenvalue weighted by Crippen LogP contribution is -2.07. The summed E-state index contributed by atoms with van der Waals surface area (Å²) in [6, 6.07) is 6.35. The zero-order chi connectivity index (χ0) is 13.8. The van der Waals surface area contributed by atoms with Crippen LogP contribution in [0.15, 0.2) is 29.4 Å². The van der Waals surface area contributed by atoms with E-state index in [0.29, 0.717) is 16.5 Å². The summed E-state index contributed by atoms with van der Waals surface area (Å²) in [6.45, 7) is 3.93. The van der Waals surface area contributed by atoms with Crippen molar-refractivity contribution >= 4 is 11.8 Å². The maximum absolute atomic E-state index is 13.5. The van der Waals surface area contributed by atoms with Gasteiger partial charge in [-0.2, -0.15) is 0 Å². The molecular weight excluding hydrogens is 267 g/mol. The lowest BCUT2D eigenvalue weighted by molar-refractivity contribution is 0.199. The first kappa shape index (κ1) is 14.0. The topological polar surface area (TPSA) is 63.8 Å². The third-order valence-corrected chi connectivity index (χ3v) is 3.60. The van der Waals surface area contributed by atoms with Crippen LogP contribution in [-0.4, -0.2) is 31.1 Å². The van der Waals surface area contributed by atoms with Gasteiger partial charge in [0.05, 0.1) is 12.1 Å². The first-order chi connectivity index (χ1) is 9.09. The molecule has 0 radical (unpaired) electrons. The molecule has 0 aliphatic heterocycles. The standard InChI is InChI=1S/C12H15FN4OS/c1-8(2)17-12(14-15-16-17)19-7-11(18)9-5-3-4-6-10(9)13/h3-6,8,11,18H,7H2,1-2H3. The molecule has 1 aromatic carbocycles. The van der Waals surface area contributed by atoms with E-state index in [1.165, 1.54) is 17.8 Å². The molecule has 0 aliphatic rings. The summed E-state index contributed by atoms with van der Waals surface area (Å²) < 4.78 is 15.2. The molecule has 102 valence electrons.